The number of hydrogen-bond donors (Lipinski definition) is 2. The summed E-state index contributed by atoms with van der Waals surface area (Å²) >= 11 is 0. The summed E-state index contributed by atoms with van der Waals surface area (Å²) in [7, 11) is -7.83. The van der Waals surface area contributed by atoms with Gasteiger partial charge in [0, 0.05) is 12.4 Å². The molecule has 2 amide bonds. The zero-order valence-corrected chi connectivity index (χ0v) is 29.4. The molecule has 0 aromatic heterocycles. The summed E-state index contributed by atoms with van der Waals surface area (Å²) in [6.45, 7) is 10.0. The van der Waals surface area contributed by atoms with Crippen LogP contribution in [0, 0.1) is 24.7 Å². The lowest BCUT2D eigenvalue weighted by Crippen LogP contribution is -2.56. The first-order valence-corrected chi connectivity index (χ1v) is 18.4. The number of carbonyl (C=O) groups is 3. The molecule has 272 valence electrons. The average Bonchev–Trinajstić information content (AvgIpc) is 3.47. The Balaban J connectivity index is 0.000000194. The SMILES string of the molecule is C#C[C@@]1(O)[C@@H]2O[P@@](=O)(OC(C)C)OC[C@H]2O[C@H]1N1C=CC(=C)CC1=O.C#C[C@@]1(O)[C@@H]2O[P@](=O)(OC(C)C)OC[C@H]2O[C@H]1N1C=CC(=O)CC1=O. The highest BCUT2D eigenvalue weighted by atomic mass is 31.2. The third-order valence-corrected chi connectivity index (χ3v) is 11.3. The number of hydrogen-bond acceptors (Lipinski definition) is 15. The van der Waals surface area contributed by atoms with Gasteiger partial charge < -0.3 is 19.7 Å². The number of phosphoric ester groups is 2. The summed E-state index contributed by atoms with van der Waals surface area (Å²) in [5.74, 6) is 3.13. The molecule has 6 rings (SSSR count). The molecule has 0 saturated carbocycles. The second kappa shape index (κ2) is 14.2. The van der Waals surface area contributed by atoms with E-state index in [4.69, 9.17) is 49.5 Å². The molecule has 6 heterocycles. The Hall–Kier alpha value is -2.99. The maximum absolute atomic E-state index is 12.6. The summed E-state index contributed by atoms with van der Waals surface area (Å²) in [4.78, 5) is 38.0. The van der Waals surface area contributed by atoms with E-state index in [0.717, 1.165) is 4.90 Å². The number of allylic oxidation sites excluding steroid dienone is 2. The standard InChI is InChI=1S/C16H20NO7P.C15H18NO8P/c1-5-16(19)14-12(9-21-25(20,24-14)23-10(2)3)22-15(16)17-7-6-11(4)8-13(17)18;1-4-15(19)13-11(8-21-25(20,24-13)23-9(2)3)22-14(15)16-6-5-10(17)7-12(16)18/h1,6-7,10,12,14-15,19H,4,8-9H2,2-3H3;1,5-6,9,11,13-14,19H,7-8H2,2-3H3/t12-,14-,15-,16-,25-;11-,13-,14-,15-,25+/m11/s1. The van der Waals surface area contributed by atoms with Crippen LogP contribution in [0.25, 0.3) is 0 Å². The van der Waals surface area contributed by atoms with Crippen molar-refractivity contribution in [2.24, 2.45) is 0 Å². The predicted molar refractivity (Wildman–Crippen MR) is 170 cm³/mol. The highest BCUT2D eigenvalue weighted by molar-refractivity contribution is 7.48. The molecule has 0 aromatic carbocycles. The van der Waals surface area contributed by atoms with Crippen LogP contribution in [0.15, 0.2) is 36.7 Å². The van der Waals surface area contributed by atoms with Crippen molar-refractivity contribution in [3.05, 3.63) is 36.7 Å². The van der Waals surface area contributed by atoms with Gasteiger partial charge in [0.2, 0.25) is 11.8 Å². The number of aliphatic hydroxyl groups is 2. The van der Waals surface area contributed by atoms with Crippen LogP contribution in [0.2, 0.25) is 0 Å². The van der Waals surface area contributed by atoms with Crippen LogP contribution in [-0.4, -0.2) is 111 Å². The molecular formula is C31H38N2O15P2. The van der Waals surface area contributed by atoms with Gasteiger partial charge in [0.25, 0.3) is 0 Å². The van der Waals surface area contributed by atoms with Gasteiger partial charge >= 0.3 is 15.6 Å². The number of ether oxygens (including phenoxy) is 2. The Morgan fingerprint density at radius 1 is 0.820 bits per heavy atom. The minimum absolute atomic E-state index is 0.0820. The highest BCUT2D eigenvalue weighted by Crippen LogP contribution is 2.59. The van der Waals surface area contributed by atoms with Gasteiger partial charge in [-0.05, 0) is 45.4 Å². The van der Waals surface area contributed by atoms with Gasteiger partial charge in [-0.3, -0.25) is 51.3 Å². The summed E-state index contributed by atoms with van der Waals surface area (Å²) in [5.41, 5.74) is -3.47. The molecule has 10 atom stereocenters. The summed E-state index contributed by atoms with van der Waals surface area (Å²) in [6, 6.07) is 0. The lowest BCUT2D eigenvalue weighted by atomic mass is 9.94. The van der Waals surface area contributed by atoms with E-state index in [1.807, 2.05) is 0 Å². The number of fused-ring (bicyclic) bond motifs is 2. The van der Waals surface area contributed by atoms with Crippen molar-refractivity contribution >= 4 is 33.2 Å². The number of terminal acetylenes is 2. The third kappa shape index (κ3) is 7.34. The quantitative estimate of drug-likeness (QED) is 0.226. The Labute approximate surface area is 288 Å². The summed E-state index contributed by atoms with van der Waals surface area (Å²) < 4.78 is 67.9. The predicted octanol–water partition coefficient (Wildman–Crippen LogP) is 1.67. The first kappa shape index (κ1) is 38.2. The van der Waals surface area contributed by atoms with E-state index in [1.165, 1.54) is 23.4 Å². The highest BCUT2D eigenvalue weighted by Gasteiger charge is 2.65. The Morgan fingerprint density at radius 2 is 1.24 bits per heavy atom. The van der Waals surface area contributed by atoms with Gasteiger partial charge in [0.05, 0.1) is 38.3 Å². The van der Waals surface area contributed by atoms with Gasteiger partial charge in [-0.2, -0.15) is 0 Å². The van der Waals surface area contributed by atoms with E-state index in [2.05, 4.69) is 18.4 Å². The first-order valence-electron chi connectivity index (χ1n) is 15.5. The average molecular weight is 741 g/mol. The fourth-order valence-corrected chi connectivity index (χ4v) is 9.00. The molecule has 6 aliphatic heterocycles. The van der Waals surface area contributed by atoms with E-state index in [9.17, 15) is 33.7 Å². The molecule has 2 N–H and O–H groups in total. The maximum Gasteiger partial charge on any atom is 0.475 e. The second-order valence-corrected chi connectivity index (χ2v) is 15.7. The van der Waals surface area contributed by atoms with Crippen molar-refractivity contribution in [2.75, 3.05) is 13.2 Å². The van der Waals surface area contributed by atoms with Crippen molar-refractivity contribution in [1.29, 1.82) is 0 Å². The van der Waals surface area contributed by atoms with Crippen LogP contribution in [0.3, 0.4) is 0 Å². The molecule has 0 aromatic rings. The second-order valence-electron chi connectivity index (χ2n) is 12.6. The minimum atomic E-state index is -3.94. The molecule has 4 fully saturated rings. The minimum Gasteiger partial charge on any atom is -0.371 e. The maximum atomic E-state index is 12.6. The zero-order chi connectivity index (χ0) is 36.8. The van der Waals surface area contributed by atoms with E-state index >= 15 is 0 Å². The number of nitrogens with zero attached hydrogens (tertiary/aromatic N) is 2. The zero-order valence-electron chi connectivity index (χ0n) is 27.6. The monoisotopic (exact) mass is 740 g/mol. The van der Waals surface area contributed by atoms with Crippen LogP contribution < -0.4 is 0 Å². The van der Waals surface area contributed by atoms with Crippen LogP contribution in [0.1, 0.15) is 40.5 Å². The molecular weight excluding hydrogens is 702 g/mol. The van der Waals surface area contributed by atoms with Crippen LogP contribution in [-0.2, 0) is 60.1 Å². The van der Waals surface area contributed by atoms with Crippen LogP contribution >= 0.6 is 15.6 Å². The molecule has 0 bridgehead atoms. The fraction of sp³-hybridized carbons (Fsp3) is 0.581. The number of carbonyl (C=O) groups excluding carboxylic acids is 3. The smallest absolute Gasteiger partial charge is 0.371 e. The van der Waals surface area contributed by atoms with Crippen LogP contribution in [0.5, 0.6) is 0 Å². The number of phosphoric acid groups is 2. The molecule has 0 radical (unpaired) electrons. The lowest BCUT2D eigenvalue weighted by Gasteiger charge is -2.36. The number of rotatable bonds is 6. The summed E-state index contributed by atoms with van der Waals surface area (Å²) in [5, 5.41) is 21.9. The van der Waals surface area contributed by atoms with Crippen molar-refractivity contribution in [2.45, 2.75) is 101 Å². The Morgan fingerprint density at radius 3 is 1.62 bits per heavy atom. The van der Waals surface area contributed by atoms with E-state index in [-0.39, 0.29) is 37.7 Å². The van der Waals surface area contributed by atoms with Gasteiger partial charge in [-0.25, -0.2) is 9.13 Å². The molecule has 0 spiro atoms. The lowest BCUT2D eigenvalue weighted by molar-refractivity contribution is -0.153. The fourth-order valence-electron chi connectivity index (χ4n) is 5.81. The third-order valence-electron chi connectivity index (χ3n) is 8.00. The van der Waals surface area contributed by atoms with Gasteiger partial charge in [0.15, 0.2) is 29.4 Å². The first-order chi connectivity index (χ1) is 23.4. The normalized spacial score (nSPS) is 41.1. The topological polar surface area (TPSA) is 206 Å². The van der Waals surface area contributed by atoms with Gasteiger partial charge in [0.1, 0.15) is 24.4 Å². The Kier molecular flexibility index (Phi) is 10.9. The molecule has 6 aliphatic rings. The molecule has 19 heteroatoms. The van der Waals surface area contributed by atoms with Gasteiger partial charge in [-0.1, -0.05) is 18.4 Å². The molecule has 0 unspecified atom stereocenters. The molecule has 4 saturated heterocycles. The largest absolute Gasteiger partial charge is 0.475 e. The van der Waals surface area contributed by atoms with E-state index in [1.54, 1.807) is 33.8 Å². The van der Waals surface area contributed by atoms with Crippen LogP contribution in [0.4, 0.5) is 0 Å². The number of ketones is 1. The summed E-state index contributed by atoms with van der Waals surface area (Å²) in [6.07, 6.45) is 8.78. The van der Waals surface area contributed by atoms with Crippen molar-refractivity contribution in [3.8, 4) is 24.7 Å². The Bertz CT molecular complexity index is 1540. The van der Waals surface area contributed by atoms with Gasteiger partial charge in [-0.15, -0.1) is 12.8 Å². The van der Waals surface area contributed by atoms with E-state index in [0.29, 0.717) is 5.57 Å². The van der Waals surface area contributed by atoms with E-state index < -0.39 is 81.8 Å². The van der Waals surface area contributed by atoms with Crippen molar-refractivity contribution < 1.29 is 70.3 Å². The van der Waals surface area contributed by atoms with Crippen molar-refractivity contribution in [3.63, 3.8) is 0 Å². The van der Waals surface area contributed by atoms with Crippen molar-refractivity contribution in [1.82, 2.24) is 9.80 Å². The molecule has 17 nitrogen and oxygen atoms in total. The molecule has 0 aliphatic carbocycles. The number of amides is 2. The molecule has 50 heavy (non-hydrogen) atoms.